The summed E-state index contributed by atoms with van der Waals surface area (Å²) in [5.41, 5.74) is 1.82. The topological polar surface area (TPSA) is 96.4 Å². The SMILES string of the molecule is CC(C)(Sc1ccncc1C1=CC=C(S(=O)(=O)NC2CC2)CC1)C(=O)O. The fraction of sp³-hybridized carbons (Fsp3) is 0.444. The van der Waals surface area contributed by atoms with Crippen LogP contribution < -0.4 is 4.72 Å². The van der Waals surface area contributed by atoms with Gasteiger partial charge < -0.3 is 5.11 Å². The number of hydrogen-bond donors (Lipinski definition) is 2. The molecule has 3 rings (SSSR count). The molecule has 0 aromatic carbocycles. The molecule has 8 heteroatoms. The van der Waals surface area contributed by atoms with Gasteiger partial charge in [0.1, 0.15) is 4.75 Å². The highest BCUT2D eigenvalue weighted by molar-refractivity contribution is 8.01. The number of rotatable bonds is 7. The molecule has 2 aliphatic carbocycles. The Hall–Kier alpha value is -1.64. The van der Waals surface area contributed by atoms with Crippen LogP contribution in [0, 0.1) is 0 Å². The molecule has 6 nitrogen and oxygen atoms in total. The van der Waals surface area contributed by atoms with E-state index in [0.717, 1.165) is 28.9 Å². The van der Waals surface area contributed by atoms with Gasteiger partial charge in [-0.3, -0.25) is 9.78 Å². The van der Waals surface area contributed by atoms with Gasteiger partial charge in [-0.2, -0.15) is 0 Å². The zero-order valence-electron chi connectivity index (χ0n) is 14.7. The molecule has 0 unspecified atom stereocenters. The third-order valence-electron chi connectivity index (χ3n) is 4.36. The Morgan fingerprint density at radius 3 is 2.62 bits per heavy atom. The first-order valence-corrected chi connectivity index (χ1v) is 10.8. The smallest absolute Gasteiger partial charge is 0.319 e. The van der Waals surface area contributed by atoms with Crippen LogP contribution in [-0.2, 0) is 14.8 Å². The van der Waals surface area contributed by atoms with Gasteiger partial charge in [0.05, 0.1) is 4.91 Å². The van der Waals surface area contributed by atoms with Crippen molar-refractivity contribution in [2.75, 3.05) is 0 Å². The fourth-order valence-electron chi connectivity index (χ4n) is 2.59. The molecule has 1 heterocycles. The number of carbonyl (C=O) groups is 1. The summed E-state index contributed by atoms with van der Waals surface area (Å²) in [7, 11) is -3.41. The second-order valence-electron chi connectivity index (χ2n) is 7.01. The number of nitrogens with zero attached hydrogens (tertiary/aromatic N) is 1. The molecule has 1 aromatic rings. The minimum atomic E-state index is -3.41. The number of nitrogens with one attached hydrogen (secondary N) is 1. The molecule has 1 saturated carbocycles. The maximum atomic E-state index is 12.3. The van der Waals surface area contributed by atoms with E-state index in [1.165, 1.54) is 11.8 Å². The minimum absolute atomic E-state index is 0.0888. The van der Waals surface area contributed by atoms with Crippen LogP contribution in [0.4, 0.5) is 0 Å². The van der Waals surface area contributed by atoms with Gasteiger partial charge in [-0.25, -0.2) is 13.1 Å². The lowest BCUT2D eigenvalue weighted by atomic mass is 9.99. The van der Waals surface area contributed by atoms with Gasteiger partial charge in [-0.05, 0) is 57.2 Å². The number of sulfonamides is 1. The fourth-order valence-corrected chi connectivity index (χ4v) is 5.10. The molecule has 26 heavy (non-hydrogen) atoms. The monoisotopic (exact) mass is 394 g/mol. The van der Waals surface area contributed by atoms with Crippen molar-refractivity contribution in [1.29, 1.82) is 0 Å². The lowest BCUT2D eigenvalue weighted by Gasteiger charge is -2.22. The van der Waals surface area contributed by atoms with Gasteiger partial charge in [0.2, 0.25) is 10.0 Å². The van der Waals surface area contributed by atoms with Crippen molar-refractivity contribution < 1.29 is 18.3 Å². The maximum absolute atomic E-state index is 12.3. The van der Waals surface area contributed by atoms with Crippen molar-refractivity contribution in [2.45, 2.75) is 55.2 Å². The average molecular weight is 395 g/mol. The average Bonchev–Trinajstić information content (AvgIpc) is 3.38. The van der Waals surface area contributed by atoms with Crippen LogP contribution in [0.5, 0.6) is 0 Å². The van der Waals surface area contributed by atoms with Crippen LogP contribution in [0.1, 0.15) is 45.1 Å². The maximum Gasteiger partial charge on any atom is 0.319 e. The molecule has 2 N–H and O–H groups in total. The van der Waals surface area contributed by atoms with Crippen molar-refractivity contribution in [3.63, 3.8) is 0 Å². The number of carboxylic acids is 1. The zero-order valence-corrected chi connectivity index (χ0v) is 16.4. The lowest BCUT2D eigenvalue weighted by Crippen LogP contribution is -2.27. The Morgan fingerprint density at radius 2 is 2.04 bits per heavy atom. The number of aromatic nitrogens is 1. The molecule has 1 fully saturated rings. The third-order valence-corrected chi connectivity index (χ3v) is 7.30. The summed E-state index contributed by atoms with van der Waals surface area (Å²) in [5, 5.41) is 9.37. The van der Waals surface area contributed by atoms with Crippen LogP contribution in [0.15, 0.2) is 40.4 Å². The molecule has 0 spiro atoms. The van der Waals surface area contributed by atoms with Gasteiger partial charge in [0.15, 0.2) is 0 Å². The highest BCUT2D eigenvalue weighted by Gasteiger charge is 2.31. The lowest BCUT2D eigenvalue weighted by molar-refractivity contribution is -0.138. The highest BCUT2D eigenvalue weighted by atomic mass is 32.2. The minimum Gasteiger partial charge on any atom is -0.480 e. The predicted molar refractivity (Wildman–Crippen MR) is 102 cm³/mol. The van der Waals surface area contributed by atoms with E-state index in [-0.39, 0.29) is 6.04 Å². The number of pyridine rings is 1. The molecule has 0 radical (unpaired) electrons. The summed E-state index contributed by atoms with van der Waals surface area (Å²) in [5.74, 6) is -0.887. The number of thioether (sulfide) groups is 1. The summed E-state index contributed by atoms with van der Waals surface area (Å²) in [6.45, 7) is 3.32. The molecule has 1 aromatic heterocycles. The Balaban J connectivity index is 1.85. The summed E-state index contributed by atoms with van der Waals surface area (Å²) < 4.78 is 26.4. The summed E-state index contributed by atoms with van der Waals surface area (Å²) in [6, 6.07) is 1.89. The molecule has 0 saturated heterocycles. The molecular weight excluding hydrogens is 372 g/mol. The second kappa shape index (κ2) is 7.17. The predicted octanol–water partition coefficient (Wildman–Crippen LogP) is 3.18. The number of carboxylic acid groups (broad SMARTS) is 1. The first-order valence-electron chi connectivity index (χ1n) is 8.48. The number of allylic oxidation sites excluding steroid dienone is 4. The largest absolute Gasteiger partial charge is 0.480 e. The second-order valence-corrected chi connectivity index (χ2v) is 10.4. The van der Waals surface area contributed by atoms with Gasteiger partial charge in [-0.15, -0.1) is 11.8 Å². The number of hydrogen-bond acceptors (Lipinski definition) is 5. The Bertz CT molecular complexity index is 884. The van der Waals surface area contributed by atoms with E-state index in [1.807, 2.05) is 0 Å². The van der Waals surface area contributed by atoms with Gasteiger partial charge in [0, 0.05) is 28.9 Å². The van der Waals surface area contributed by atoms with Gasteiger partial charge in [-0.1, -0.05) is 6.08 Å². The standard InChI is InChI=1S/C18H22N2O4S2/c1-18(2,17(21)22)25-16-9-10-19-11-15(16)12-3-7-14(8-4-12)26(23,24)20-13-5-6-13/h3,7,9-11,13,20H,4-6,8H2,1-2H3,(H,21,22). The van der Waals surface area contributed by atoms with Gasteiger partial charge >= 0.3 is 5.97 Å². The molecule has 0 aliphatic heterocycles. The van der Waals surface area contributed by atoms with Crippen molar-refractivity contribution in [3.8, 4) is 0 Å². The van der Waals surface area contributed by atoms with Crippen LogP contribution in [0.25, 0.3) is 5.57 Å². The molecule has 0 bridgehead atoms. The molecular formula is C18H22N2O4S2. The van der Waals surface area contributed by atoms with Crippen molar-refractivity contribution in [3.05, 3.63) is 41.1 Å². The quantitative estimate of drug-likeness (QED) is 0.690. The van der Waals surface area contributed by atoms with Crippen LogP contribution in [-0.4, -0.2) is 35.3 Å². The van der Waals surface area contributed by atoms with Crippen LogP contribution in [0.2, 0.25) is 0 Å². The zero-order chi connectivity index (χ0) is 18.9. The van der Waals surface area contributed by atoms with Gasteiger partial charge in [0.25, 0.3) is 0 Å². The Morgan fingerprint density at radius 1 is 1.31 bits per heavy atom. The summed E-state index contributed by atoms with van der Waals surface area (Å²) >= 11 is 1.27. The van der Waals surface area contributed by atoms with E-state index in [2.05, 4.69) is 9.71 Å². The van der Waals surface area contributed by atoms with E-state index in [1.54, 1.807) is 44.5 Å². The first kappa shape index (κ1) is 19.1. The van der Waals surface area contributed by atoms with E-state index in [9.17, 15) is 18.3 Å². The third kappa shape index (κ3) is 4.36. The summed E-state index contributed by atoms with van der Waals surface area (Å²) in [4.78, 5) is 16.8. The normalized spacial score (nSPS) is 18.2. The molecule has 2 aliphatic rings. The van der Waals surface area contributed by atoms with E-state index < -0.39 is 20.7 Å². The van der Waals surface area contributed by atoms with E-state index in [0.29, 0.717) is 17.7 Å². The Labute approximate surface area is 157 Å². The molecule has 140 valence electrons. The number of aliphatic carboxylic acids is 1. The van der Waals surface area contributed by atoms with E-state index >= 15 is 0 Å². The van der Waals surface area contributed by atoms with E-state index in [4.69, 9.17) is 0 Å². The van der Waals surface area contributed by atoms with Crippen molar-refractivity contribution in [2.24, 2.45) is 0 Å². The highest BCUT2D eigenvalue weighted by Crippen LogP contribution is 2.39. The van der Waals surface area contributed by atoms with Crippen LogP contribution >= 0.6 is 11.8 Å². The molecule has 0 amide bonds. The van der Waals surface area contributed by atoms with Crippen molar-refractivity contribution in [1.82, 2.24) is 9.71 Å². The van der Waals surface area contributed by atoms with Crippen LogP contribution in [0.3, 0.4) is 0 Å². The Kier molecular flexibility index (Phi) is 5.28. The first-order chi connectivity index (χ1) is 12.2. The molecule has 0 atom stereocenters. The van der Waals surface area contributed by atoms with Crippen molar-refractivity contribution >= 4 is 33.3 Å². The summed E-state index contributed by atoms with van der Waals surface area (Å²) in [6.07, 6.45) is 9.61.